The molecule has 0 N–H and O–H groups in total. The Morgan fingerprint density at radius 1 is 0.647 bits per heavy atom. The number of rotatable bonds is 0. The summed E-state index contributed by atoms with van der Waals surface area (Å²) in [4.78, 5) is 0. The van der Waals surface area contributed by atoms with Crippen molar-refractivity contribution >= 4 is 0 Å². The van der Waals surface area contributed by atoms with E-state index in [1.54, 1.807) is 0 Å². The highest BCUT2D eigenvalue weighted by Gasteiger charge is 2.12. The summed E-state index contributed by atoms with van der Waals surface area (Å²) >= 11 is 0. The topological polar surface area (TPSA) is 0 Å². The Balaban J connectivity index is 2.10. The van der Waals surface area contributed by atoms with Crippen LogP contribution in [-0.4, -0.2) is 0 Å². The largest absolute Gasteiger partial charge is 0.0590 e. The zero-order valence-electron chi connectivity index (χ0n) is 10.6. The average molecular weight is 222 g/mol. The zero-order chi connectivity index (χ0) is 11.8. The minimum atomic E-state index is 1.11. The summed E-state index contributed by atoms with van der Waals surface area (Å²) in [5.74, 6) is 0. The number of benzene rings is 2. The van der Waals surface area contributed by atoms with E-state index in [-0.39, 0.29) is 0 Å². The summed E-state index contributed by atoms with van der Waals surface area (Å²) in [7, 11) is 0. The van der Waals surface area contributed by atoms with Gasteiger partial charge in [-0.3, -0.25) is 0 Å². The van der Waals surface area contributed by atoms with Crippen molar-refractivity contribution in [3.05, 3.63) is 69.8 Å². The monoisotopic (exact) mass is 222 g/mol. The first-order valence-corrected chi connectivity index (χ1v) is 6.39. The van der Waals surface area contributed by atoms with Gasteiger partial charge in [0.15, 0.2) is 0 Å². The van der Waals surface area contributed by atoms with Crippen LogP contribution >= 0.6 is 0 Å². The van der Waals surface area contributed by atoms with E-state index in [4.69, 9.17) is 0 Å². The molecule has 0 nitrogen and oxygen atoms in total. The van der Waals surface area contributed by atoms with Gasteiger partial charge in [-0.05, 0) is 55.4 Å². The molecular formula is C17H18. The van der Waals surface area contributed by atoms with E-state index in [0.717, 1.165) is 6.42 Å². The van der Waals surface area contributed by atoms with E-state index in [1.807, 2.05) is 0 Å². The second-order valence-corrected chi connectivity index (χ2v) is 5.22. The third-order valence-corrected chi connectivity index (χ3v) is 3.77. The van der Waals surface area contributed by atoms with Crippen molar-refractivity contribution in [1.82, 2.24) is 0 Å². The SMILES string of the molecule is Cc1ccc2c(c1)Cc1cc(C)ccc1CC2. The molecule has 0 saturated heterocycles. The van der Waals surface area contributed by atoms with Gasteiger partial charge in [0.25, 0.3) is 0 Å². The maximum absolute atomic E-state index is 2.35. The zero-order valence-corrected chi connectivity index (χ0v) is 10.6. The van der Waals surface area contributed by atoms with Gasteiger partial charge in [0.05, 0.1) is 0 Å². The molecule has 0 heteroatoms. The third kappa shape index (κ3) is 2.00. The molecule has 2 aromatic rings. The fourth-order valence-corrected chi connectivity index (χ4v) is 2.80. The number of aryl methyl sites for hydroxylation is 4. The van der Waals surface area contributed by atoms with Gasteiger partial charge in [0.2, 0.25) is 0 Å². The van der Waals surface area contributed by atoms with Crippen LogP contribution in [0.15, 0.2) is 36.4 Å². The fourth-order valence-electron chi connectivity index (χ4n) is 2.80. The second-order valence-electron chi connectivity index (χ2n) is 5.22. The van der Waals surface area contributed by atoms with Crippen molar-refractivity contribution < 1.29 is 0 Å². The van der Waals surface area contributed by atoms with Crippen LogP contribution in [0.25, 0.3) is 0 Å². The first-order chi connectivity index (χ1) is 8.22. The Labute approximate surface area is 103 Å². The van der Waals surface area contributed by atoms with Crippen LogP contribution in [0.4, 0.5) is 0 Å². The van der Waals surface area contributed by atoms with E-state index in [2.05, 4.69) is 50.2 Å². The molecule has 3 rings (SSSR count). The van der Waals surface area contributed by atoms with Gasteiger partial charge in [-0.2, -0.15) is 0 Å². The fraction of sp³-hybridized carbons (Fsp3) is 0.294. The Morgan fingerprint density at radius 3 is 1.59 bits per heavy atom. The molecule has 0 aromatic heterocycles. The molecule has 0 saturated carbocycles. The van der Waals surface area contributed by atoms with Crippen molar-refractivity contribution in [3.8, 4) is 0 Å². The first-order valence-electron chi connectivity index (χ1n) is 6.39. The Morgan fingerprint density at radius 2 is 1.12 bits per heavy atom. The highest BCUT2D eigenvalue weighted by atomic mass is 14.2. The molecule has 2 aromatic carbocycles. The van der Waals surface area contributed by atoms with Crippen molar-refractivity contribution in [1.29, 1.82) is 0 Å². The quantitative estimate of drug-likeness (QED) is 0.632. The minimum absolute atomic E-state index is 1.11. The summed E-state index contributed by atoms with van der Waals surface area (Å²) in [6, 6.07) is 13.8. The lowest BCUT2D eigenvalue weighted by Crippen LogP contribution is -1.93. The lowest BCUT2D eigenvalue weighted by atomic mass is 9.98. The molecule has 86 valence electrons. The normalized spacial score (nSPS) is 13.8. The van der Waals surface area contributed by atoms with E-state index < -0.39 is 0 Å². The molecule has 1 aliphatic carbocycles. The maximum atomic E-state index is 2.35. The molecule has 0 heterocycles. The smallest absolute Gasteiger partial charge is 0.00201 e. The van der Waals surface area contributed by atoms with Crippen molar-refractivity contribution in [3.63, 3.8) is 0 Å². The summed E-state index contributed by atoms with van der Waals surface area (Å²) in [6.45, 7) is 4.37. The Hall–Kier alpha value is -1.56. The van der Waals surface area contributed by atoms with E-state index in [0.29, 0.717) is 0 Å². The van der Waals surface area contributed by atoms with Crippen LogP contribution < -0.4 is 0 Å². The van der Waals surface area contributed by atoms with Crippen LogP contribution in [0.1, 0.15) is 33.4 Å². The molecule has 0 bridgehead atoms. The van der Waals surface area contributed by atoms with Gasteiger partial charge in [-0.25, -0.2) is 0 Å². The highest BCUT2D eigenvalue weighted by Crippen LogP contribution is 2.25. The molecule has 0 unspecified atom stereocenters. The molecular weight excluding hydrogens is 204 g/mol. The number of fused-ring (bicyclic) bond motifs is 2. The number of hydrogen-bond acceptors (Lipinski definition) is 0. The number of hydrogen-bond donors (Lipinski definition) is 0. The molecule has 17 heavy (non-hydrogen) atoms. The maximum Gasteiger partial charge on any atom is -0.00201 e. The first kappa shape index (κ1) is 10.6. The van der Waals surface area contributed by atoms with Gasteiger partial charge in [-0.1, -0.05) is 47.5 Å². The molecule has 0 aliphatic heterocycles. The lowest BCUT2D eigenvalue weighted by molar-refractivity contribution is 0.963. The summed E-state index contributed by atoms with van der Waals surface area (Å²) < 4.78 is 0. The van der Waals surface area contributed by atoms with Crippen LogP contribution in [0, 0.1) is 13.8 Å². The lowest BCUT2D eigenvalue weighted by Gasteiger charge is -2.08. The standard InChI is InChI=1S/C17H18/c1-12-3-5-14-7-8-15-6-4-13(2)10-17(15)11-16(14)9-12/h3-6,9-10H,7-8,11H2,1-2H3. The molecule has 0 spiro atoms. The summed E-state index contributed by atoms with van der Waals surface area (Å²) in [5, 5.41) is 0. The Kier molecular flexibility index (Phi) is 2.51. The summed E-state index contributed by atoms with van der Waals surface area (Å²) in [6.07, 6.45) is 3.48. The Bertz CT molecular complexity index is 513. The van der Waals surface area contributed by atoms with E-state index >= 15 is 0 Å². The van der Waals surface area contributed by atoms with Gasteiger partial charge in [-0.15, -0.1) is 0 Å². The van der Waals surface area contributed by atoms with Crippen molar-refractivity contribution in [2.45, 2.75) is 33.1 Å². The second kappa shape index (κ2) is 4.03. The van der Waals surface area contributed by atoms with Gasteiger partial charge >= 0.3 is 0 Å². The predicted molar refractivity (Wildman–Crippen MR) is 72.6 cm³/mol. The minimum Gasteiger partial charge on any atom is -0.0590 e. The molecule has 0 fully saturated rings. The van der Waals surface area contributed by atoms with E-state index in [9.17, 15) is 0 Å². The van der Waals surface area contributed by atoms with Crippen molar-refractivity contribution in [2.24, 2.45) is 0 Å². The molecule has 0 radical (unpaired) electrons. The van der Waals surface area contributed by atoms with Gasteiger partial charge in [0, 0.05) is 0 Å². The highest BCUT2D eigenvalue weighted by molar-refractivity contribution is 5.43. The molecule has 1 aliphatic rings. The molecule has 0 amide bonds. The average Bonchev–Trinajstić information content (AvgIpc) is 2.46. The van der Waals surface area contributed by atoms with Crippen LogP contribution in [0.5, 0.6) is 0 Å². The van der Waals surface area contributed by atoms with Crippen LogP contribution in [-0.2, 0) is 19.3 Å². The van der Waals surface area contributed by atoms with Crippen molar-refractivity contribution in [2.75, 3.05) is 0 Å². The van der Waals surface area contributed by atoms with Crippen LogP contribution in [0.2, 0.25) is 0 Å². The third-order valence-electron chi connectivity index (χ3n) is 3.77. The van der Waals surface area contributed by atoms with Crippen LogP contribution in [0.3, 0.4) is 0 Å². The van der Waals surface area contributed by atoms with Gasteiger partial charge in [0.1, 0.15) is 0 Å². The summed E-state index contributed by atoms with van der Waals surface area (Å²) in [5.41, 5.74) is 8.86. The van der Waals surface area contributed by atoms with E-state index in [1.165, 1.54) is 46.2 Å². The predicted octanol–water partition coefficient (Wildman–Crippen LogP) is 3.99. The molecule has 0 atom stereocenters. The van der Waals surface area contributed by atoms with Gasteiger partial charge < -0.3 is 0 Å².